The number of carbonyl (C=O) groups is 1. The number of nitrogens with one attached hydrogen (secondary N) is 1. The molecule has 0 atom stereocenters. The third-order valence-electron chi connectivity index (χ3n) is 3.82. The maximum atomic E-state index is 12.0. The quantitative estimate of drug-likeness (QED) is 0.760. The van der Waals surface area contributed by atoms with E-state index in [0.717, 1.165) is 23.6 Å². The molecule has 1 amide bonds. The van der Waals surface area contributed by atoms with E-state index in [9.17, 15) is 4.79 Å². The lowest BCUT2D eigenvalue weighted by Gasteiger charge is -2.19. The van der Waals surface area contributed by atoms with Gasteiger partial charge in [0.25, 0.3) is 0 Å². The molecule has 23 heavy (non-hydrogen) atoms. The highest BCUT2D eigenvalue weighted by molar-refractivity contribution is 6.30. The van der Waals surface area contributed by atoms with Crippen molar-refractivity contribution < 1.29 is 4.79 Å². The molecular formula is C20H24ClNO. The van der Waals surface area contributed by atoms with Gasteiger partial charge in [-0.25, -0.2) is 0 Å². The number of anilines is 1. The van der Waals surface area contributed by atoms with Gasteiger partial charge in [-0.1, -0.05) is 56.6 Å². The third kappa shape index (κ3) is 5.72. The van der Waals surface area contributed by atoms with Crippen LogP contribution in [0.4, 0.5) is 5.69 Å². The van der Waals surface area contributed by atoms with E-state index in [1.165, 1.54) is 11.1 Å². The standard InChI is InChI=1S/C20H24ClNO/c1-20(2,3)16-9-13-18(14-10-16)22-19(23)6-4-5-15-7-11-17(21)12-8-15/h7-14H,4-6H2,1-3H3,(H,22,23). The van der Waals surface area contributed by atoms with Crippen molar-refractivity contribution in [3.05, 3.63) is 64.7 Å². The van der Waals surface area contributed by atoms with Crippen LogP contribution in [-0.4, -0.2) is 5.91 Å². The minimum atomic E-state index is 0.0578. The van der Waals surface area contributed by atoms with E-state index in [4.69, 9.17) is 11.6 Å². The monoisotopic (exact) mass is 329 g/mol. The van der Waals surface area contributed by atoms with Crippen molar-refractivity contribution in [1.29, 1.82) is 0 Å². The van der Waals surface area contributed by atoms with Gasteiger partial charge >= 0.3 is 0 Å². The summed E-state index contributed by atoms with van der Waals surface area (Å²) in [6, 6.07) is 15.9. The van der Waals surface area contributed by atoms with E-state index < -0.39 is 0 Å². The average Bonchev–Trinajstić information content (AvgIpc) is 2.49. The van der Waals surface area contributed by atoms with Crippen LogP contribution in [0.25, 0.3) is 0 Å². The first kappa shape index (κ1) is 17.6. The van der Waals surface area contributed by atoms with Crippen LogP contribution >= 0.6 is 11.6 Å². The Morgan fingerprint density at radius 3 is 2.17 bits per heavy atom. The molecule has 0 unspecified atom stereocenters. The number of benzene rings is 2. The number of amides is 1. The van der Waals surface area contributed by atoms with E-state index in [1.54, 1.807) is 0 Å². The summed E-state index contributed by atoms with van der Waals surface area (Å²) >= 11 is 5.86. The smallest absolute Gasteiger partial charge is 0.224 e. The van der Waals surface area contributed by atoms with Crippen LogP contribution in [0, 0.1) is 0 Å². The highest BCUT2D eigenvalue weighted by Gasteiger charge is 2.13. The number of hydrogen-bond donors (Lipinski definition) is 1. The van der Waals surface area contributed by atoms with E-state index >= 15 is 0 Å². The Morgan fingerprint density at radius 2 is 1.61 bits per heavy atom. The second kappa shape index (κ2) is 7.65. The van der Waals surface area contributed by atoms with Crippen LogP contribution < -0.4 is 5.32 Å². The highest BCUT2D eigenvalue weighted by atomic mass is 35.5. The molecule has 0 aliphatic heterocycles. The van der Waals surface area contributed by atoms with Crippen LogP contribution in [0.2, 0.25) is 5.02 Å². The van der Waals surface area contributed by atoms with Crippen LogP contribution in [-0.2, 0) is 16.6 Å². The van der Waals surface area contributed by atoms with Crippen molar-refractivity contribution in [2.45, 2.75) is 45.4 Å². The van der Waals surface area contributed by atoms with E-state index in [1.807, 2.05) is 36.4 Å². The summed E-state index contributed by atoms with van der Waals surface area (Å²) in [4.78, 5) is 12.0. The van der Waals surface area contributed by atoms with Gasteiger partial charge in [0, 0.05) is 17.1 Å². The molecule has 0 saturated heterocycles. The van der Waals surface area contributed by atoms with Crippen molar-refractivity contribution in [2.75, 3.05) is 5.32 Å². The summed E-state index contributed by atoms with van der Waals surface area (Å²) in [5.74, 6) is 0.0578. The van der Waals surface area contributed by atoms with E-state index in [-0.39, 0.29) is 11.3 Å². The minimum Gasteiger partial charge on any atom is -0.326 e. The van der Waals surface area contributed by atoms with Gasteiger partial charge in [0.05, 0.1) is 0 Å². The minimum absolute atomic E-state index is 0.0578. The fraction of sp³-hybridized carbons (Fsp3) is 0.350. The molecule has 0 spiro atoms. The van der Waals surface area contributed by atoms with Gasteiger partial charge in [0.2, 0.25) is 5.91 Å². The van der Waals surface area contributed by atoms with Crippen molar-refractivity contribution >= 4 is 23.2 Å². The summed E-state index contributed by atoms with van der Waals surface area (Å²) < 4.78 is 0. The molecule has 1 N–H and O–H groups in total. The Hall–Kier alpha value is -1.80. The molecule has 2 rings (SSSR count). The number of aryl methyl sites for hydroxylation is 1. The van der Waals surface area contributed by atoms with Crippen LogP contribution in [0.3, 0.4) is 0 Å². The topological polar surface area (TPSA) is 29.1 Å². The fourth-order valence-corrected chi connectivity index (χ4v) is 2.51. The lowest BCUT2D eigenvalue weighted by Crippen LogP contribution is -2.13. The molecular weight excluding hydrogens is 306 g/mol. The molecule has 0 radical (unpaired) electrons. The first-order valence-corrected chi connectivity index (χ1v) is 8.37. The predicted octanol–water partition coefficient (Wildman–Crippen LogP) is 5.60. The second-order valence-corrected chi connectivity index (χ2v) is 7.29. The van der Waals surface area contributed by atoms with Gasteiger partial charge in [-0.15, -0.1) is 0 Å². The van der Waals surface area contributed by atoms with Crippen molar-refractivity contribution in [3.63, 3.8) is 0 Å². The first-order valence-electron chi connectivity index (χ1n) is 7.99. The number of hydrogen-bond acceptors (Lipinski definition) is 1. The zero-order valence-corrected chi connectivity index (χ0v) is 14.8. The SMILES string of the molecule is CC(C)(C)c1ccc(NC(=O)CCCc2ccc(Cl)cc2)cc1. The molecule has 122 valence electrons. The first-order chi connectivity index (χ1) is 10.8. The second-order valence-electron chi connectivity index (χ2n) is 6.86. The molecule has 0 fully saturated rings. The Balaban J connectivity index is 1.79. The molecule has 2 aromatic carbocycles. The van der Waals surface area contributed by atoms with Gasteiger partial charge in [0.1, 0.15) is 0 Å². The van der Waals surface area contributed by atoms with Gasteiger partial charge in [-0.2, -0.15) is 0 Å². The molecule has 0 aromatic heterocycles. The Bertz CT molecular complexity index is 639. The van der Waals surface area contributed by atoms with Gasteiger partial charge < -0.3 is 5.32 Å². The summed E-state index contributed by atoms with van der Waals surface area (Å²) in [6.45, 7) is 6.53. The maximum Gasteiger partial charge on any atom is 0.224 e. The number of rotatable bonds is 5. The largest absolute Gasteiger partial charge is 0.326 e. The number of halogens is 1. The zero-order chi connectivity index (χ0) is 16.9. The van der Waals surface area contributed by atoms with Crippen LogP contribution in [0.15, 0.2) is 48.5 Å². The Labute approximate surface area is 143 Å². The molecule has 0 aliphatic rings. The van der Waals surface area contributed by atoms with Crippen molar-refractivity contribution in [3.8, 4) is 0 Å². The summed E-state index contributed by atoms with van der Waals surface area (Å²) in [5.41, 5.74) is 3.45. The Morgan fingerprint density at radius 1 is 1.00 bits per heavy atom. The van der Waals surface area contributed by atoms with Gasteiger partial charge in [0.15, 0.2) is 0 Å². The zero-order valence-electron chi connectivity index (χ0n) is 14.0. The fourth-order valence-electron chi connectivity index (χ4n) is 2.38. The molecule has 2 nitrogen and oxygen atoms in total. The predicted molar refractivity (Wildman–Crippen MR) is 98.2 cm³/mol. The van der Waals surface area contributed by atoms with Crippen molar-refractivity contribution in [1.82, 2.24) is 0 Å². The van der Waals surface area contributed by atoms with Crippen LogP contribution in [0.5, 0.6) is 0 Å². The van der Waals surface area contributed by atoms with Gasteiger partial charge in [-0.05, 0) is 53.6 Å². The highest BCUT2D eigenvalue weighted by Crippen LogP contribution is 2.23. The molecule has 2 aromatic rings. The van der Waals surface area contributed by atoms with E-state index in [0.29, 0.717) is 6.42 Å². The molecule has 0 saturated carbocycles. The van der Waals surface area contributed by atoms with E-state index in [2.05, 4.69) is 38.2 Å². The third-order valence-corrected chi connectivity index (χ3v) is 4.07. The summed E-state index contributed by atoms with van der Waals surface area (Å²) in [5, 5.41) is 3.70. The normalized spacial score (nSPS) is 11.3. The molecule has 0 bridgehead atoms. The summed E-state index contributed by atoms with van der Waals surface area (Å²) in [7, 11) is 0. The van der Waals surface area contributed by atoms with Gasteiger partial charge in [-0.3, -0.25) is 4.79 Å². The van der Waals surface area contributed by atoms with Crippen molar-refractivity contribution in [2.24, 2.45) is 0 Å². The lowest BCUT2D eigenvalue weighted by molar-refractivity contribution is -0.116. The lowest BCUT2D eigenvalue weighted by atomic mass is 9.87. The summed E-state index contributed by atoms with van der Waals surface area (Å²) in [6.07, 6.45) is 2.23. The maximum absolute atomic E-state index is 12.0. The Kier molecular flexibility index (Phi) is 5.84. The molecule has 0 heterocycles. The molecule has 3 heteroatoms. The average molecular weight is 330 g/mol. The van der Waals surface area contributed by atoms with Crippen LogP contribution in [0.1, 0.15) is 44.7 Å². The number of carbonyl (C=O) groups excluding carboxylic acids is 1. The molecule has 0 aliphatic carbocycles.